The van der Waals surface area contributed by atoms with Crippen LogP contribution in [0.3, 0.4) is 0 Å². The van der Waals surface area contributed by atoms with E-state index in [0.717, 1.165) is 47.0 Å². The largest absolute Gasteiger partial charge is 0.459 e. The number of benzene rings is 1. The SMILES string of the molecule is CC(NCCCCCO)c1cc2cc(Br)ccc2o1. The molecule has 0 aliphatic heterocycles. The van der Waals surface area contributed by atoms with Gasteiger partial charge in [0.2, 0.25) is 0 Å². The first kappa shape index (κ1) is 14.6. The van der Waals surface area contributed by atoms with Crippen molar-refractivity contribution in [2.75, 3.05) is 13.2 Å². The van der Waals surface area contributed by atoms with Gasteiger partial charge in [-0.15, -0.1) is 0 Å². The number of rotatable bonds is 7. The molecule has 104 valence electrons. The molecule has 0 radical (unpaired) electrons. The predicted octanol–water partition coefficient (Wildman–Crippen LogP) is 4.01. The highest BCUT2D eigenvalue weighted by Gasteiger charge is 2.10. The lowest BCUT2D eigenvalue weighted by atomic mass is 10.2. The highest BCUT2D eigenvalue weighted by atomic mass is 79.9. The molecular formula is C15H20BrNO2. The minimum Gasteiger partial charge on any atom is -0.459 e. The van der Waals surface area contributed by atoms with Crippen LogP contribution < -0.4 is 5.32 Å². The summed E-state index contributed by atoms with van der Waals surface area (Å²) in [5, 5.41) is 13.3. The summed E-state index contributed by atoms with van der Waals surface area (Å²) in [7, 11) is 0. The maximum Gasteiger partial charge on any atom is 0.134 e. The lowest BCUT2D eigenvalue weighted by Gasteiger charge is -2.10. The minimum absolute atomic E-state index is 0.209. The molecule has 0 aliphatic carbocycles. The molecule has 0 spiro atoms. The van der Waals surface area contributed by atoms with Crippen molar-refractivity contribution < 1.29 is 9.52 Å². The molecule has 3 nitrogen and oxygen atoms in total. The Balaban J connectivity index is 1.91. The molecule has 19 heavy (non-hydrogen) atoms. The fourth-order valence-corrected chi connectivity index (χ4v) is 2.46. The van der Waals surface area contributed by atoms with Gasteiger partial charge in [0.05, 0.1) is 6.04 Å². The minimum atomic E-state index is 0.209. The van der Waals surface area contributed by atoms with Crippen LogP contribution in [-0.2, 0) is 0 Å². The molecule has 4 heteroatoms. The number of nitrogens with one attached hydrogen (secondary N) is 1. The van der Waals surface area contributed by atoms with Crippen molar-refractivity contribution in [1.82, 2.24) is 5.32 Å². The van der Waals surface area contributed by atoms with Gasteiger partial charge >= 0.3 is 0 Å². The molecule has 0 bridgehead atoms. The number of halogens is 1. The van der Waals surface area contributed by atoms with Gasteiger partial charge in [0.1, 0.15) is 11.3 Å². The van der Waals surface area contributed by atoms with Gasteiger partial charge in [0.25, 0.3) is 0 Å². The van der Waals surface area contributed by atoms with Gasteiger partial charge in [-0.05, 0) is 57.0 Å². The van der Waals surface area contributed by atoms with Crippen LogP contribution in [0, 0.1) is 0 Å². The van der Waals surface area contributed by atoms with E-state index in [1.54, 1.807) is 0 Å². The second-order valence-electron chi connectivity index (χ2n) is 4.79. The maximum absolute atomic E-state index is 8.72. The Morgan fingerprint density at radius 2 is 2.11 bits per heavy atom. The highest BCUT2D eigenvalue weighted by molar-refractivity contribution is 9.10. The normalized spacial score (nSPS) is 13.0. The van der Waals surface area contributed by atoms with E-state index in [1.165, 1.54) is 0 Å². The quantitative estimate of drug-likeness (QED) is 0.756. The van der Waals surface area contributed by atoms with Crippen molar-refractivity contribution in [2.24, 2.45) is 0 Å². The van der Waals surface area contributed by atoms with Crippen LogP contribution in [0.25, 0.3) is 11.0 Å². The Morgan fingerprint density at radius 1 is 1.26 bits per heavy atom. The van der Waals surface area contributed by atoms with E-state index < -0.39 is 0 Å². The van der Waals surface area contributed by atoms with E-state index in [1.807, 2.05) is 12.1 Å². The fraction of sp³-hybridized carbons (Fsp3) is 0.467. The number of furan rings is 1. The van der Waals surface area contributed by atoms with Crippen LogP contribution in [0.2, 0.25) is 0 Å². The number of aliphatic hydroxyl groups is 1. The number of fused-ring (bicyclic) bond motifs is 1. The number of hydrogen-bond donors (Lipinski definition) is 2. The molecule has 2 aromatic rings. The van der Waals surface area contributed by atoms with Crippen molar-refractivity contribution in [2.45, 2.75) is 32.2 Å². The zero-order valence-corrected chi connectivity index (χ0v) is 12.7. The molecule has 0 saturated carbocycles. The highest BCUT2D eigenvalue weighted by Crippen LogP contribution is 2.26. The molecule has 1 aromatic heterocycles. The third kappa shape index (κ3) is 4.06. The first-order chi connectivity index (χ1) is 9.20. The summed E-state index contributed by atoms with van der Waals surface area (Å²) in [6.07, 6.45) is 3.02. The van der Waals surface area contributed by atoms with Crippen molar-refractivity contribution >= 4 is 26.9 Å². The maximum atomic E-state index is 8.72. The van der Waals surface area contributed by atoms with Gasteiger partial charge in [-0.2, -0.15) is 0 Å². The monoisotopic (exact) mass is 325 g/mol. The molecule has 0 amide bonds. The molecule has 0 aliphatic rings. The molecule has 0 saturated heterocycles. The lowest BCUT2D eigenvalue weighted by molar-refractivity contribution is 0.282. The predicted molar refractivity (Wildman–Crippen MR) is 81.3 cm³/mol. The lowest BCUT2D eigenvalue weighted by Crippen LogP contribution is -2.19. The van der Waals surface area contributed by atoms with Gasteiger partial charge in [-0.3, -0.25) is 0 Å². The van der Waals surface area contributed by atoms with Crippen molar-refractivity contribution in [3.8, 4) is 0 Å². The van der Waals surface area contributed by atoms with Gasteiger partial charge < -0.3 is 14.8 Å². The summed E-state index contributed by atoms with van der Waals surface area (Å²) >= 11 is 3.47. The Kier molecular flexibility index (Phi) is 5.43. The fourth-order valence-electron chi connectivity index (χ4n) is 2.08. The zero-order valence-electron chi connectivity index (χ0n) is 11.2. The molecular weight excluding hydrogens is 306 g/mol. The molecule has 0 fully saturated rings. The van der Waals surface area contributed by atoms with E-state index in [2.05, 4.69) is 40.3 Å². The first-order valence-electron chi connectivity index (χ1n) is 6.74. The van der Waals surface area contributed by atoms with Crippen molar-refractivity contribution in [1.29, 1.82) is 0 Å². The summed E-state index contributed by atoms with van der Waals surface area (Å²) in [4.78, 5) is 0. The third-order valence-electron chi connectivity index (χ3n) is 3.21. The van der Waals surface area contributed by atoms with Gasteiger partial charge in [0, 0.05) is 16.5 Å². The van der Waals surface area contributed by atoms with Crippen LogP contribution in [0.15, 0.2) is 33.2 Å². The average molecular weight is 326 g/mol. The molecule has 2 N–H and O–H groups in total. The smallest absolute Gasteiger partial charge is 0.134 e. The van der Waals surface area contributed by atoms with Crippen LogP contribution in [0.1, 0.15) is 38.0 Å². The Morgan fingerprint density at radius 3 is 2.89 bits per heavy atom. The molecule has 1 heterocycles. The number of hydrogen-bond acceptors (Lipinski definition) is 3. The second-order valence-corrected chi connectivity index (χ2v) is 5.71. The van der Waals surface area contributed by atoms with E-state index >= 15 is 0 Å². The molecule has 1 unspecified atom stereocenters. The first-order valence-corrected chi connectivity index (χ1v) is 7.53. The summed E-state index contributed by atoms with van der Waals surface area (Å²) in [6.45, 7) is 3.34. The van der Waals surface area contributed by atoms with Gasteiger partial charge in [0.15, 0.2) is 0 Å². The van der Waals surface area contributed by atoms with E-state index in [0.29, 0.717) is 0 Å². The molecule has 2 rings (SSSR count). The second kappa shape index (κ2) is 7.08. The van der Waals surface area contributed by atoms with Crippen LogP contribution >= 0.6 is 15.9 Å². The topological polar surface area (TPSA) is 45.4 Å². The number of aliphatic hydroxyl groups excluding tert-OH is 1. The standard InChI is InChI=1S/C15H20BrNO2/c1-11(17-7-3-2-4-8-18)15-10-12-9-13(16)5-6-14(12)19-15/h5-6,9-11,17-18H,2-4,7-8H2,1H3. The number of unbranched alkanes of at least 4 members (excludes halogenated alkanes) is 2. The van der Waals surface area contributed by atoms with Crippen LogP contribution in [0.5, 0.6) is 0 Å². The summed E-state index contributed by atoms with van der Waals surface area (Å²) in [5.74, 6) is 0.968. The molecule has 1 aromatic carbocycles. The summed E-state index contributed by atoms with van der Waals surface area (Å²) in [5.41, 5.74) is 0.923. The van der Waals surface area contributed by atoms with Crippen LogP contribution in [-0.4, -0.2) is 18.3 Å². The van der Waals surface area contributed by atoms with E-state index in [4.69, 9.17) is 9.52 Å². The zero-order chi connectivity index (χ0) is 13.7. The average Bonchev–Trinajstić information content (AvgIpc) is 2.81. The Hall–Kier alpha value is -0.840. The Labute approximate surface area is 122 Å². The van der Waals surface area contributed by atoms with E-state index in [-0.39, 0.29) is 12.6 Å². The summed E-state index contributed by atoms with van der Waals surface area (Å²) in [6, 6.07) is 8.33. The van der Waals surface area contributed by atoms with Gasteiger partial charge in [-0.1, -0.05) is 15.9 Å². The van der Waals surface area contributed by atoms with Crippen molar-refractivity contribution in [3.63, 3.8) is 0 Å². The third-order valence-corrected chi connectivity index (χ3v) is 3.70. The summed E-state index contributed by atoms with van der Waals surface area (Å²) < 4.78 is 6.91. The Bertz CT molecular complexity index is 524. The van der Waals surface area contributed by atoms with Crippen LogP contribution in [0.4, 0.5) is 0 Å². The van der Waals surface area contributed by atoms with Gasteiger partial charge in [-0.25, -0.2) is 0 Å². The van der Waals surface area contributed by atoms with Crippen molar-refractivity contribution in [3.05, 3.63) is 34.5 Å². The van der Waals surface area contributed by atoms with E-state index in [9.17, 15) is 0 Å². The molecule has 1 atom stereocenters.